The molecule has 0 bridgehead atoms. The first-order chi connectivity index (χ1) is 11.1. The minimum Gasteiger partial charge on any atom is -0.466 e. The first-order valence-corrected chi connectivity index (χ1v) is 7.82. The molecule has 1 N–H and O–H groups in total. The lowest BCUT2D eigenvalue weighted by molar-refractivity contribution is -0.118. The fourth-order valence-corrected chi connectivity index (χ4v) is 2.41. The minimum absolute atomic E-state index is 0.127. The molecule has 3 aromatic rings. The van der Waals surface area contributed by atoms with Gasteiger partial charge in [-0.2, -0.15) is 5.10 Å². The Morgan fingerprint density at radius 2 is 2.09 bits per heavy atom. The number of halogens is 1. The first kappa shape index (κ1) is 15.4. The first-order valence-electron chi connectivity index (χ1n) is 7.03. The molecule has 0 atom stereocenters. The lowest BCUT2D eigenvalue weighted by atomic mass is 10.2. The van der Waals surface area contributed by atoms with E-state index in [2.05, 4.69) is 31.4 Å². The Morgan fingerprint density at radius 3 is 2.91 bits per heavy atom. The number of hydrogen-bond acceptors (Lipinski definition) is 4. The summed E-state index contributed by atoms with van der Waals surface area (Å²) in [6.45, 7) is 1.83. The van der Waals surface area contributed by atoms with Crippen molar-refractivity contribution in [2.45, 2.75) is 6.92 Å². The topological polar surface area (TPSA) is 64.1 Å². The van der Waals surface area contributed by atoms with Gasteiger partial charge in [-0.3, -0.25) is 4.79 Å². The number of carbonyl (C=O) groups excluding carboxylic acids is 1. The van der Waals surface area contributed by atoms with Gasteiger partial charge in [0, 0.05) is 20.9 Å². The van der Waals surface area contributed by atoms with Gasteiger partial charge in [0.25, 0.3) is 5.91 Å². The van der Waals surface area contributed by atoms with Gasteiger partial charge in [0.15, 0.2) is 6.61 Å². The van der Waals surface area contributed by atoms with Gasteiger partial charge >= 0.3 is 0 Å². The molecule has 116 valence electrons. The highest BCUT2D eigenvalue weighted by Crippen LogP contribution is 2.22. The second-order valence-corrected chi connectivity index (χ2v) is 5.89. The van der Waals surface area contributed by atoms with Crippen molar-refractivity contribution in [3.05, 3.63) is 58.7 Å². The number of carbonyl (C=O) groups is 1. The van der Waals surface area contributed by atoms with Crippen LogP contribution in [-0.4, -0.2) is 22.7 Å². The van der Waals surface area contributed by atoms with E-state index in [0.29, 0.717) is 5.88 Å². The number of rotatable bonds is 4. The molecule has 23 heavy (non-hydrogen) atoms. The molecule has 0 saturated heterocycles. The summed E-state index contributed by atoms with van der Waals surface area (Å²) in [4.78, 5) is 12.0. The molecule has 1 amide bonds. The molecule has 0 radical (unpaired) electrons. The third-order valence-corrected chi connectivity index (χ3v) is 4.21. The summed E-state index contributed by atoms with van der Waals surface area (Å²) in [6.07, 6.45) is 1.66. The van der Waals surface area contributed by atoms with Gasteiger partial charge in [0.1, 0.15) is 0 Å². The quantitative estimate of drug-likeness (QED) is 0.758. The van der Waals surface area contributed by atoms with Gasteiger partial charge in [-0.05, 0) is 36.8 Å². The van der Waals surface area contributed by atoms with Crippen molar-refractivity contribution in [3.63, 3.8) is 0 Å². The van der Waals surface area contributed by atoms with Gasteiger partial charge < -0.3 is 10.1 Å². The van der Waals surface area contributed by atoms with Crippen molar-refractivity contribution < 1.29 is 9.53 Å². The number of nitrogens with zero attached hydrogens (tertiary/aromatic N) is 2. The molecule has 0 fully saturated rings. The van der Waals surface area contributed by atoms with E-state index >= 15 is 0 Å². The van der Waals surface area contributed by atoms with Crippen LogP contribution in [0.3, 0.4) is 0 Å². The molecule has 0 aliphatic rings. The summed E-state index contributed by atoms with van der Waals surface area (Å²) in [7, 11) is 0. The lowest BCUT2D eigenvalue weighted by Crippen LogP contribution is -2.20. The van der Waals surface area contributed by atoms with Gasteiger partial charge in [0.05, 0.1) is 6.20 Å². The number of fused-ring (bicyclic) bond motifs is 1. The predicted molar refractivity (Wildman–Crippen MR) is 92.5 cm³/mol. The molecule has 0 unspecified atom stereocenters. The molecule has 6 heteroatoms. The van der Waals surface area contributed by atoms with E-state index in [1.165, 1.54) is 0 Å². The van der Waals surface area contributed by atoms with Crippen LogP contribution in [0.1, 0.15) is 5.56 Å². The third-order valence-electron chi connectivity index (χ3n) is 3.32. The highest BCUT2D eigenvalue weighted by molar-refractivity contribution is 9.10. The monoisotopic (exact) mass is 371 g/mol. The number of anilines is 1. The minimum atomic E-state index is -0.249. The Bertz CT molecular complexity index is 862. The van der Waals surface area contributed by atoms with Crippen LogP contribution in [0.4, 0.5) is 5.69 Å². The van der Waals surface area contributed by atoms with Crippen LogP contribution in [0.25, 0.3) is 10.8 Å². The van der Waals surface area contributed by atoms with E-state index < -0.39 is 0 Å². The number of nitrogens with one attached hydrogen (secondary N) is 1. The largest absolute Gasteiger partial charge is 0.466 e. The van der Waals surface area contributed by atoms with Crippen LogP contribution in [0.5, 0.6) is 5.88 Å². The molecular weight excluding hydrogens is 358 g/mol. The second-order valence-electron chi connectivity index (χ2n) is 5.04. The van der Waals surface area contributed by atoms with Gasteiger partial charge in [-0.15, -0.1) is 5.10 Å². The SMILES string of the molecule is Cc1cc(NC(=O)COc2nncc3ccccc23)ccc1Br. The maximum atomic E-state index is 12.0. The van der Waals surface area contributed by atoms with E-state index in [-0.39, 0.29) is 12.5 Å². The maximum absolute atomic E-state index is 12.0. The molecule has 5 nitrogen and oxygen atoms in total. The van der Waals surface area contributed by atoms with Crippen molar-refractivity contribution >= 4 is 38.3 Å². The van der Waals surface area contributed by atoms with Crippen LogP contribution in [0.15, 0.2) is 53.1 Å². The van der Waals surface area contributed by atoms with Crippen molar-refractivity contribution in [3.8, 4) is 5.88 Å². The van der Waals surface area contributed by atoms with Crippen LogP contribution in [0.2, 0.25) is 0 Å². The molecule has 0 spiro atoms. The van der Waals surface area contributed by atoms with Crippen LogP contribution >= 0.6 is 15.9 Å². The molecule has 1 aromatic heterocycles. The number of hydrogen-bond donors (Lipinski definition) is 1. The average molecular weight is 372 g/mol. The fraction of sp³-hybridized carbons (Fsp3) is 0.118. The zero-order valence-electron chi connectivity index (χ0n) is 12.4. The Kier molecular flexibility index (Phi) is 4.52. The number of aryl methyl sites for hydroxylation is 1. The second kappa shape index (κ2) is 6.75. The number of amides is 1. The third kappa shape index (κ3) is 3.65. The van der Waals surface area contributed by atoms with E-state index in [1.54, 1.807) is 6.20 Å². The molecule has 0 saturated carbocycles. The maximum Gasteiger partial charge on any atom is 0.262 e. The smallest absolute Gasteiger partial charge is 0.262 e. The highest BCUT2D eigenvalue weighted by Gasteiger charge is 2.08. The zero-order chi connectivity index (χ0) is 16.2. The Hall–Kier alpha value is -2.47. The fourth-order valence-electron chi connectivity index (χ4n) is 2.16. The number of benzene rings is 2. The summed E-state index contributed by atoms with van der Waals surface area (Å²) in [6, 6.07) is 13.2. The molecule has 1 heterocycles. The van der Waals surface area contributed by atoms with Gasteiger partial charge in [-0.25, -0.2) is 0 Å². The summed E-state index contributed by atoms with van der Waals surface area (Å²) in [5.41, 5.74) is 1.77. The average Bonchev–Trinajstić information content (AvgIpc) is 2.56. The Morgan fingerprint density at radius 1 is 1.26 bits per heavy atom. The van der Waals surface area contributed by atoms with Gasteiger partial charge in [0.2, 0.25) is 5.88 Å². The van der Waals surface area contributed by atoms with Gasteiger partial charge in [-0.1, -0.05) is 34.1 Å². The van der Waals surface area contributed by atoms with E-state index in [0.717, 1.165) is 26.5 Å². The normalized spacial score (nSPS) is 10.5. The van der Waals surface area contributed by atoms with E-state index in [9.17, 15) is 4.79 Å². The Labute approximate surface area is 141 Å². The van der Waals surface area contributed by atoms with Crippen molar-refractivity contribution in [1.29, 1.82) is 0 Å². The highest BCUT2D eigenvalue weighted by atomic mass is 79.9. The van der Waals surface area contributed by atoms with Crippen LogP contribution in [0, 0.1) is 6.92 Å². The zero-order valence-corrected chi connectivity index (χ0v) is 14.0. The number of aromatic nitrogens is 2. The molecule has 0 aliphatic heterocycles. The summed E-state index contributed by atoms with van der Waals surface area (Å²) >= 11 is 3.43. The lowest BCUT2D eigenvalue weighted by Gasteiger charge is -2.09. The molecule has 3 rings (SSSR count). The Balaban J connectivity index is 1.67. The summed E-state index contributed by atoms with van der Waals surface area (Å²) in [5, 5.41) is 12.4. The van der Waals surface area contributed by atoms with Crippen LogP contribution < -0.4 is 10.1 Å². The van der Waals surface area contributed by atoms with Crippen molar-refractivity contribution in [2.24, 2.45) is 0 Å². The number of ether oxygens (including phenoxy) is 1. The van der Waals surface area contributed by atoms with E-state index in [4.69, 9.17) is 4.74 Å². The summed E-state index contributed by atoms with van der Waals surface area (Å²) in [5.74, 6) is 0.103. The predicted octanol–water partition coefficient (Wildman–Crippen LogP) is 3.72. The summed E-state index contributed by atoms with van der Waals surface area (Å²) < 4.78 is 6.51. The van der Waals surface area contributed by atoms with E-state index in [1.807, 2.05) is 49.4 Å². The molecule has 0 aliphatic carbocycles. The van der Waals surface area contributed by atoms with Crippen molar-refractivity contribution in [1.82, 2.24) is 10.2 Å². The van der Waals surface area contributed by atoms with Crippen molar-refractivity contribution in [2.75, 3.05) is 11.9 Å². The standard InChI is InChI=1S/C17H14BrN3O2/c1-11-8-13(6-7-15(11)18)20-16(22)10-23-17-14-5-3-2-4-12(14)9-19-21-17/h2-9H,10H2,1H3,(H,20,22). The molecule has 2 aromatic carbocycles. The molecular formula is C17H14BrN3O2. The van der Waals surface area contributed by atoms with Crippen LogP contribution in [-0.2, 0) is 4.79 Å².